The summed E-state index contributed by atoms with van der Waals surface area (Å²) in [7, 11) is 1.55. The Kier molecular flexibility index (Phi) is 7.02. The number of amides is 1. The van der Waals surface area contributed by atoms with E-state index in [9.17, 15) is 4.79 Å². The number of methoxy groups -OCH3 is 1. The van der Waals surface area contributed by atoms with E-state index in [1.54, 1.807) is 37.7 Å². The number of nitrogens with zero attached hydrogens (tertiary/aromatic N) is 3. The molecule has 3 N–H and O–H groups in total. The van der Waals surface area contributed by atoms with Gasteiger partial charge in [-0.1, -0.05) is 0 Å². The van der Waals surface area contributed by atoms with Crippen molar-refractivity contribution in [3.8, 4) is 11.5 Å². The summed E-state index contributed by atoms with van der Waals surface area (Å²) in [6.45, 7) is 3.19. The Balaban J connectivity index is 1.56. The third-order valence-corrected chi connectivity index (χ3v) is 4.71. The number of aromatic nitrogens is 2. The van der Waals surface area contributed by atoms with E-state index in [0.29, 0.717) is 42.7 Å². The van der Waals surface area contributed by atoms with Gasteiger partial charge in [-0.25, -0.2) is 9.97 Å². The largest absolute Gasteiger partial charge is 0.493 e. The SMILES string of the molecule is COc1cc(C(=O)NC[C@@H]2CCCN(c3ncccn3)C2)ccc1OCCN. The average Bonchev–Trinajstić information content (AvgIpc) is 2.76. The maximum absolute atomic E-state index is 12.6. The van der Waals surface area contributed by atoms with Crippen molar-refractivity contribution in [1.29, 1.82) is 0 Å². The third kappa shape index (κ3) is 5.10. The maximum Gasteiger partial charge on any atom is 0.251 e. The van der Waals surface area contributed by atoms with E-state index in [-0.39, 0.29) is 5.91 Å². The number of carbonyl (C=O) groups excluding carboxylic acids is 1. The van der Waals surface area contributed by atoms with Crippen LogP contribution in [0.25, 0.3) is 0 Å². The van der Waals surface area contributed by atoms with Crippen LogP contribution in [0.1, 0.15) is 23.2 Å². The number of nitrogens with one attached hydrogen (secondary N) is 1. The van der Waals surface area contributed by atoms with Crippen LogP contribution in [-0.2, 0) is 0 Å². The molecule has 0 bridgehead atoms. The van der Waals surface area contributed by atoms with E-state index in [4.69, 9.17) is 15.2 Å². The number of nitrogens with two attached hydrogens (primary N) is 1. The predicted molar refractivity (Wildman–Crippen MR) is 107 cm³/mol. The molecule has 1 aliphatic heterocycles. The zero-order valence-electron chi connectivity index (χ0n) is 16.1. The minimum absolute atomic E-state index is 0.128. The van der Waals surface area contributed by atoms with E-state index in [0.717, 1.165) is 31.9 Å². The lowest BCUT2D eigenvalue weighted by Crippen LogP contribution is -2.41. The fourth-order valence-corrected chi connectivity index (χ4v) is 3.30. The summed E-state index contributed by atoms with van der Waals surface area (Å²) in [5.74, 6) is 2.07. The molecule has 0 aliphatic carbocycles. The Labute approximate surface area is 165 Å². The van der Waals surface area contributed by atoms with Crippen molar-refractivity contribution in [2.45, 2.75) is 12.8 Å². The molecule has 3 rings (SSSR count). The lowest BCUT2D eigenvalue weighted by Gasteiger charge is -2.32. The highest BCUT2D eigenvalue weighted by molar-refractivity contribution is 5.94. The second-order valence-corrected chi connectivity index (χ2v) is 6.72. The van der Waals surface area contributed by atoms with Crippen molar-refractivity contribution < 1.29 is 14.3 Å². The van der Waals surface area contributed by atoms with E-state index in [1.165, 1.54) is 0 Å². The summed E-state index contributed by atoms with van der Waals surface area (Å²) in [6, 6.07) is 6.96. The van der Waals surface area contributed by atoms with Crippen LogP contribution in [-0.4, -0.2) is 55.8 Å². The van der Waals surface area contributed by atoms with Gasteiger partial charge in [-0.2, -0.15) is 0 Å². The first-order chi connectivity index (χ1) is 13.7. The molecule has 1 aliphatic rings. The quantitative estimate of drug-likeness (QED) is 0.709. The summed E-state index contributed by atoms with van der Waals surface area (Å²) >= 11 is 0. The van der Waals surface area contributed by atoms with E-state index < -0.39 is 0 Å². The highest BCUT2D eigenvalue weighted by atomic mass is 16.5. The Morgan fingerprint density at radius 2 is 2.14 bits per heavy atom. The molecule has 1 aromatic carbocycles. The molecule has 1 atom stereocenters. The molecule has 0 radical (unpaired) electrons. The van der Waals surface area contributed by atoms with Gasteiger partial charge in [0.25, 0.3) is 5.91 Å². The zero-order chi connectivity index (χ0) is 19.8. The maximum atomic E-state index is 12.6. The molecule has 1 aromatic heterocycles. The van der Waals surface area contributed by atoms with Crippen LogP contribution in [0, 0.1) is 5.92 Å². The molecule has 150 valence electrons. The number of hydrogen-bond acceptors (Lipinski definition) is 7. The average molecular weight is 385 g/mol. The summed E-state index contributed by atoms with van der Waals surface area (Å²) in [5, 5.41) is 3.03. The van der Waals surface area contributed by atoms with Gasteiger partial charge < -0.3 is 25.4 Å². The first-order valence-electron chi connectivity index (χ1n) is 9.52. The molecular weight excluding hydrogens is 358 g/mol. The number of ether oxygens (including phenoxy) is 2. The first kappa shape index (κ1) is 19.9. The van der Waals surface area contributed by atoms with Crippen molar-refractivity contribution in [3.05, 3.63) is 42.2 Å². The van der Waals surface area contributed by atoms with Crippen molar-refractivity contribution >= 4 is 11.9 Å². The predicted octanol–water partition coefficient (Wildman–Crippen LogP) is 1.47. The van der Waals surface area contributed by atoms with E-state index in [2.05, 4.69) is 20.2 Å². The molecule has 1 fully saturated rings. The van der Waals surface area contributed by atoms with Crippen LogP contribution in [0.4, 0.5) is 5.95 Å². The molecule has 2 aromatic rings. The molecule has 0 saturated carbocycles. The highest BCUT2D eigenvalue weighted by Gasteiger charge is 2.22. The van der Waals surface area contributed by atoms with Crippen LogP contribution >= 0.6 is 0 Å². The van der Waals surface area contributed by atoms with Gasteiger partial charge in [-0.15, -0.1) is 0 Å². The van der Waals surface area contributed by atoms with E-state index >= 15 is 0 Å². The van der Waals surface area contributed by atoms with Crippen LogP contribution < -0.4 is 25.4 Å². The molecule has 1 saturated heterocycles. The summed E-state index contributed by atoms with van der Waals surface area (Å²) in [5.41, 5.74) is 6.00. The molecule has 2 heterocycles. The van der Waals surface area contributed by atoms with Crippen LogP contribution in [0.15, 0.2) is 36.7 Å². The molecule has 0 spiro atoms. The molecule has 28 heavy (non-hydrogen) atoms. The van der Waals surface area contributed by atoms with Crippen molar-refractivity contribution in [3.63, 3.8) is 0 Å². The number of piperidine rings is 1. The Morgan fingerprint density at radius 3 is 2.89 bits per heavy atom. The van der Waals surface area contributed by atoms with Crippen LogP contribution in [0.5, 0.6) is 11.5 Å². The molecule has 8 nitrogen and oxygen atoms in total. The summed E-state index contributed by atoms with van der Waals surface area (Å²) < 4.78 is 10.8. The smallest absolute Gasteiger partial charge is 0.251 e. The van der Waals surface area contributed by atoms with Gasteiger partial charge in [0.05, 0.1) is 7.11 Å². The molecule has 1 amide bonds. The first-order valence-corrected chi connectivity index (χ1v) is 9.52. The third-order valence-electron chi connectivity index (χ3n) is 4.71. The second-order valence-electron chi connectivity index (χ2n) is 6.72. The van der Waals surface area contributed by atoms with Crippen molar-refractivity contribution in [2.24, 2.45) is 11.7 Å². The van der Waals surface area contributed by atoms with Crippen LogP contribution in [0.3, 0.4) is 0 Å². The highest BCUT2D eigenvalue weighted by Crippen LogP contribution is 2.28. The van der Waals surface area contributed by atoms with Crippen molar-refractivity contribution in [2.75, 3.05) is 44.8 Å². The fourth-order valence-electron chi connectivity index (χ4n) is 3.30. The van der Waals surface area contributed by atoms with Gasteiger partial charge in [0.1, 0.15) is 6.61 Å². The molecule has 8 heteroatoms. The Morgan fingerprint density at radius 1 is 1.32 bits per heavy atom. The van der Waals surface area contributed by atoms with Gasteiger partial charge >= 0.3 is 0 Å². The monoisotopic (exact) mass is 385 g/mol. The Hall–Kier alpha value is -2.87. The number of carbonyl (C=O) groups is 1. The van der Waals surface area contributed by atoms with Crippen LogP contribution in [0.2, 0.25) is 0 Å². The normalized spacial score (nSPS) is 16.5. The minimum Gasteiger partial charge on any atom is -0.493 e. The number of rotatable bonds is 8. The minimum atomic E-state index is -0.128. The van der Waals surface area contributed by atoms with Gasteiger partial charge in [0, 0.05) is 44.1 Å². The van der Waals surface area contributed by atoms with Gasteiger partial charge in [-0.05, 0) is 43.0 Å². The zero-order valence-corrected chi connectivity index (χ0v) is 16.1. The number of benzene rings is 1. The van der Waals surface area contributed by atoms with Gasteiger partial charge in [0.2, 0.25) is 5.95 Å². The second kappa shape index (κ2) is 9.89. The topological polar surface area (TPSA) is 103 Å². The fraction of sp³-hybridized carbons (Fsp3) is 0.450. The van der Waals surface area contributed by atoms with Crippen molar-refractivity contribution in [1.82, 2.24) is 15.3 Å². The number of anilines is 1. The summed E-state index contributed by atoms with van der Waals surface area (Å²) in [4.78, 5) is 23.4. The number of hydrogen-bond donors (Lipinski definition) is 2. The molecule has 0 unspecified atom stereocenters. The Bertz CT molecular complexity index is 772. The van der Waals surface area contributed by atoms with E-state index in [1.807, 2.05) is 6.07 Å². The molecular formula is C20H27N5O3. The summed E-state index contributed by atoms with van der Waals surface area (Å²) in [6.07, 6.45) is 5.63. The van der Waals surface area contributed by atoms with Gasteiger partial charge in [-0.3, -0.25) is 4.79 Å². The van der Waals surface area contributed by atoms with Gasteiger partial charge in [0.15, 0.2) is 11.5 Å². The standard InChI is InChI=1S/C20H27N5O3/c1-27-18-12-16(5-6-17(18)28-11-7-21)19(26)24-13-15-4-2-10-25(14-15)20-22-8-3-9-23-20/h3,5-6,8-9,12,15H,2,4,7,10-11,13-14,21H2,1H3,(H,24,26)/t15-/m0/s1. The lowest BCUT2D eigenvalue weighted by atomic mass is 9.98. The lowest BCUT2D eigenvalue weighted by molar-refractivity contribution is 0.0945.